The predicted molar refractivity (Wildman–Crippen MR) is 114 cm³/mol. The summed E-state index contributed by atoms with van der Waals surface area (Å²) in [5.74, 6) is 1.36. The van der Waals surface area contributed by atoms with Crippen molar-refractivity contribution in [1.29, 1.82) is 0 Å². The van der Waals surface area contributed by atoms with Crippen molar-refractivity contribution in [1.82, 2.24) is 0 Å². The predicted octanol–water partition coefficient (Wildman–Crippen LogP) is 7.63. The Bertz CT molecular complexity index is 576. The highest BCUT2D eigenvalue weighted by Crippen LogP contribution is 2.34. The van der Waals surface area contributed by atoms with Gasteiger partial charge in [0.25, 0.3) is 0 Å². The Morgan fingerprint density at radius 2 is 1.64 bits per heavy atom. The quantitative estimate of drug-likeness (QED) is 0.208. The standard InChI is InChI=1S/C25H39FO2/c1-3-5-6-7-8-10-20-11-13-21(14-12-20)15-18-25(27)28-23-17-16-22(9-4-2)24(26)19-23/h16-17,19-21H,3-15,18H2,1-2H3/t20-,21-. The first kappa shape index (κ1) is 22.9. The first-order chi connectivity index (χ1) is 13.6. The van der Waals surface area contributed by atoms with Crippen molar-refractivity contribution in [3.8, 4) is 5.75 Å². The molecule has 1 fully saturated rings. The second kappa shape index (κ2) is 13.0. The van der Waals surface area contributed by atoms with Crippen LogP contribution in [0.4, 0.5) is 4.39 Å². The molecule has 0 aliphatic heterocycles. The Kier molecular flexibility index (Phi) is 10.6. The molecule has 158 valence electrons. The monoisotopic (exact) mass is 390 g/mol. The highest BCUT2D eigenvalue weighted by atomic mass is 19.1. The molecule has 28 heavy (non-hydrogen) atoms. The lowest BCUT2D eigenvalue weighted by Crippen LogP contribution is -2.17. The number of carbonyl (C=O) groups is 1. The molecule has 1 aliphatic carbocycles. The molecule has 2 rings (SSSR count). The zero-order valence-electron chi connectivity index (χ0n) is 18.0. The van der Waals surface area contributed by atoms with Crippen LogP contribution in [0.15, 0.2) is 18.2 Å². The van der Waals surface area contributed by atoms with Crippen LogP contribution in [0.1, 0.15) is 103 Å². The number of ether oxygens (including phenoxy) is 1. The van der Waals surface area contributed by atoms with Gasteiger partial charge in [-0.2, -0.15) is 0 Å². The Morgan fingerprint density at radius 3 is 2.29 bits per heavy atom. The van der Waals surface area contributed by atoms with Crippen molar-refractivity contribution in [3.63, 3.8) is 0 Å². The molecule has 2 nitrogen and oxygen atoms in total. The molecule has 0 amide bonds. The van der Waals surface area contributed by atoms with Crippen molar-refractivity contribution >= 4 is 5.97 Å². The maximum atomic E-state index is 14.0. The minimum atomic E-state index is -0.278. The van der Waals surface area contributed by atoms with E-state index < -0.39 is 0 Å². The molecule has 0 bridgehead atoms. The van der Waals surface area contributed by atoms with E-state index in [4.69, 9.17) is 4.74 Å². The third-order valence-corrected chi connectivity index (χ3v) is 6.21. The molecular formula is C25H39FO2. The molecule has 0 unspecified atom stereocenters. The maximum Gasteiger partial charge on any atom is 0.311 e. The average Bonchev–Trinajstić information content (AvgIpc) is 2.69. The van der Waals surface area contributed by atoms with Crippen molar-refractivity contribution in [2.75, 3.05) is 0 Å². The van der Waals surface area contributed by atoms with Gasteiger partial charge >= 0.3 is 5.97 Å². The maximum absolute atomic E-state index is 14.0. The second-order valence-corrected chi connectivity index (χ2v) is 8.61. The van der Waals surface area contributed by atoms with Gasteiger partial charge in [-0.25, -0.2) is 4.39 Å². The molecule has 1 aliphatic rings. The summed E-state index contributed by atoms with van der Waals surface area (Å²) in [7, 11) is 0. The lowest BCUT2D eigenvalue weighted by Gasteiger charge is -2.28. The number of hydrogen-bond acceptors (Lipinski definition) is 2. The van der Waals surface area contributed by atoms with Gasteiger partial charge in [-0.1, -0.05) is 90.5 Å². The number of aryl methyl sites for hydroxylation is 1. The number of hydrogen-bond donors (Lipinski definition) is 0. The van der Waals surface area contributed by atoms with E-state index in [1.54, 1.807) is 12.1 Å². The Labute approximate surface area is 171 Å². The normalized spacial score (nSPS) is 19.5. The topological polar surface area (TPSA) is 26.3 Å². The average molecular weight is 391 g/mol. The van der Waals surface area contributed by atoms with E-state index in [2.05, 4.69) is 6.92 Å². The number of unbranched alkanes of at least 4 members (excludes halogenated alkanes) is 4. The molecule has 0 atom stereocenters. The van der Waals surface area contributed by atoms with Gasteiger partial charge < -0.3 is 4.74 Å². The molecular weight excluding hydrogens is 351 g/mol. The van der Waals surface area contributed by atoms with Crippen LogP contribution in [0.2, 0.25) is 0 Å². The van der Waals surface area contributed by atoms with Crippen LogP contribution >= 0.6 is 0 Å². The van der Waals surface area contributed by atoms with Gasteiger partial charge in [0.1, 0.15) is 11.6 Å². The van der Waals surface area contributed by atoms with Crippen LogP contribution in [0.5, 0.6) is 5.75 Å². The summed E-state index contributed by atoms with van der Waals surface area (Å²) in [5, 5.41) is 0. The van der Waals surface area contributed by atoms with Gasteiger partial charge in [0, 0.05) is 12.5 Å². The molecule has 0 aromatic heterocycles. The summed E-state index contributed by atoms with van der Waals surface area (Å²) in [6, 6.07) is 4.78. The number of carbonyl (C=O) groups excluding carboxylic acids is 1. The first-order valence-electron chi connectivity index (χ1n) is 11.6. The zero-order valence-corrected chi connectivity index (χ0v) is 18.0. The lowest BCUT2D eigenvalue weighted by molar-refractivity contribution is -0.134. The SMILES string of the molecule is CCCCCCC[C@H]1CC[C@H](CCC(=O)Oc2ccc(CCC)c(F)c2)CC1. The molecule has 0 spiro atoms. The van der Waals surface area contributed by atoms with Crippen molar-refractivity contribution in [2.24, 2.45) is 11.8 Å². The van der Waals surface area contributed by atoms with Crippen LogP contribution in [0.25, 0.3) is 0 Å². The van der Waals surface area contributed by atoms with E-state index in [9.17, 15) is 9.18 Å². The van der Waals surface area contributed by atoms with Crippen LogP contribution < -0.4 is 4.74 Å². The summed E-state index contributed by atoms with van der Waals surface area (Å²) in [5.41, 5.74) is 0.685. The lowest BCUT2D eigenvalue weighted by atomic mass is 9.78. The summed E-state index contributed by atoms with van der Waals surface area (Å²) in [6.07, 6.45) is 16.3. The van der Waals surface area contributed by atoms with Crippen LogP contribution in [-0.2, 0) is 11.2 Å². The second-order valence-electron chi connectivity index (χ2n) is 8.61. The molecule has 1 aromatic carbocycles. The van der Waals surface area contributed by atoms with Gasteiger partial charge in [-0.3, -0.25) is 4.79 Å². The molecule has 0 saturated heterocycles. The molecule has 1 aromatic rings. The van der Waals surface area contributed by atoms with Crippen LogP contribution in [0.3, 0.4) is 0 Å². The Morgan fingerprint density at radius 1 is 0.964 bits per heavy atom. The number of rotatable bonds is 12. The highest BCUT2D eigenvalue weighted by Gasteiger charge is 2.21. The third-order valence-electron chi connectivity index (χ3n) is 6.21. The van der Waals surface area contributed by atoms with E-state index in [1.807, 2.05) is 6.92 Å². The van der Waals surface area contributed by atoms with Gasteiger partial charge in [0.15, 0.2) is 0 Å². The molecule has 3 heteroatoms. The summed E-state index contributed by atoms with van der Waals surface area (Å²) in [4.78, 5) is 12.1. The van der Waals surface area contributed by atoms with E-state index in [-0.39, 0.29) is 11.8 Å². The molecule has 1 saturated carbocycles. The van der Waals surface area contributed by atoms with E-state index in [0.717, 1.165) is 18.8 Å². The van der Waals surface area contributed by atoms with Gasteiger partial charge in [0.05, 0.1) is 0 Å². The van der Waals surface area contributed by atoms with Crippen molar-refractivity contribution in [2.45, 2.75) is 104 Å². The van der Waals surface area contributed by atoms with Crippen molar-refractivity contribution in [3.05, 3.63) is 29.6 Å². The van der Waals surface area contributed by atoms with Gasteiger partial charge in [0.2, 0.25) is 0 Å². The number of benzene rings is 1. The number of halogens is 1. The minimum Gasteiger partial charge on any atom is -0.426 e. The fourth-order valence-corrected chi connectivity index (χ4v) is 4.41. The van der Waals surface area contributed by atoms with E-state index in [1.165, 1.54) is 70.3 Å². The molecule has 0 heterocycles. The Hall–Kier alpha value is -1.38. The van der Waals surface area contributed by atoms with Crippen LogP contribution in [0, 0.1) is 17.7 Å². The van der Waals surface area contributed by atoms with Crippen molar-refractivity contribution < 1.29 is 13.9 Å². The van der Waals surface area contributed by atoms with E-state index >= 15 is 0 Å². The highest BCUT2D eigenvalue weighted by molar-refractivity contribution is 5.72. The van der Waals surface area contributed by atoms with E-state index in [0.29, 0.717) is 30.1 Å². The molecule has 0 radical (unpaired) electrons. The minimum absolute atomic E-state index is 0.235. The smallest absolute Gasteiger partial charge is 0.311 e. The van der Waals surface area contributed by atoms with Gasteiger partial charge in [-0.15, -0.1) is 0 Å². The summed E-state index contributed by atoms with van der Waals surface area (Å²) in [6.45, 7) is 4.28. The zero-order chi connectivity index (χ0) is 20.2. The largest absolute Gasteiger partial charge is 0.426 e. The van der Waals surface area contributed by atoms with Crippen LogP contribution in [-0.4, -0.2) is 5.97 Å². The Balaban J connectivity index is 1.61. The van der Waals surface area contributed by atoms with Gasteiger partial charge in [-0.05, 0) is 36.3 Å². The number of esters is 1. The third kappa shape index (κ3) is 8.32. The fourth-order valence-electron chi connectivity index (χ4n) is 4.41. The first-order valence-corrected chi connectivity index (χ1v) is 11.6. The fraction of sp³-hybridized carbons (Fsp3) is 0.720. The summed E-state index contributed by atoms with van der Waals surface area (Å²) < 4.78 is 19.3. The summed E-state index contributed by atoms with van der Waals surface area (Å²) >= 11 is 0. The molecule has 0 N–H and O–H groups in total.